The Kier molecular flexibility index (Phi) is 3.97. The SMILES string of the molecule is COc1ccc(OC)c(C(N)c2ccnc(C)n2)c1. The van der Waals surface area contributed by atoms with Crippen molar-refractivity contribution in [1.29, 1.82) is 0 Å². The van der Waals surface area contributed by atoms with Crippen molar-refractivity contribution in [1.82, 2.24) is 9.97 Å². The molecule has 2 N–H and O–H groups in total. The van der Waals surface area contributed by atoms with Gasteiger partial charge in [0, 0.05) is 11.8 Å². The van der Waals surface area contributed by atoms with Crippen molar-refractivity contribution in [3.8, 4) is 11.5 Å². The second-order valence-corrected chi connectivity index (χ2v) is 4.11. The Hall–Kier alpha value is -2.14. The summed E-state index contributed by atoms with van der Waals surface area (Å²) in [6.45, 7) is 1.83. The Morgan fingerprint density at radius 2 is 1.95 bits per heavy atom. The number of aryl methyl sites for hydroxylation is 1. The number of nitrogens with two attached hydrogens (primary N) is 1. The van der Waals surface area contributed by atoms with Crippen LogP contribution in [-0.4, -0.2) is 24.2 Å². The average molecular weight is 259 g/mol. The lowest BCUT2D eigenvalue weighted by Crippen LogP contribution is -2.15. The van der Waals surface area contributed by atoms with Gasteiger partial charge < -0.3 is 15.2 Å². The molecule has 1 aromatic heterocycles. The molecule has 0 aliphatic rings. The number of hydrogen-bond donors (Lipinski definition) is 1. The van der Waals surface area contributed by atoms with Gasteiger partial charge in [-0.25, -0.2) is 9.97 Å². The molecule has 19 heavy (non-hydrogen) atoms. The highest BCUT2D eigenvalue weighted by Gasteiger charge is 2.16. The van der Waals surface area contributed by atoms with Crippen LogP contribution >= 0.6 is 0 Å². The fourth-order valence-electron chi connectivity index (χ4n) is 1.89. The Morgan fingerprint density at radius 1 is 1.16 bits per heavy atom. The van der Waals surface area contributed by atoms with Crippen LogP contribution in [0.5, 0.6) is 11.5 Å². The van der Waals surface area contributed by atoms with Gasteiger partial charge in [0.2, 0.25) is 0 Å². The first-order valence-corrected chi connectivity index (χ1v) is 5.92. The number of hydrogen-bond acceptors (Lipinski definition) is 5. The predicted octanol–water partition coefficient (Wildman–Crippen LogP) is 1.85. The van der Waals surface area contributed by atoms with E-state index in [2.05, 4.69) is 9.97 Å². The Labute approximate surface area is 112 Å². The standard InChI is InChI=1S/C14H17N3O2/c1-9-16-7-6-12(17-9)14(15)11-8-10(18-2)4-5-13(11)19-3/h4-8,14H,15H2,1-3H3. The van der Waals surface area contributed by atoms with Gasteiger partial charge in [0.15, 0.2) is 0 Å². The minimum Gasteiger partial charge on any atom is -0.497 e. The second kappa shape index (κ2) is 5.67. The second-order valence-electron chi connectivity index (χ2n) is 4.11. The summed E-state index contributed by atoms with van der Waals surface area (Å²) in [6, 6.07) is 6.95. The molecule has 0 aliphatic carbocycles. The summed E-state index contributed by atoms with van der Waals surface area (Å²) in [7, 11) is 3.23. The topological polar surface area (TPSA) is 70.3 Å². The number of methoxy groups -OCH3 is 2. The van der Waals surface area contributed by atoms with Gasteiger partial charge in [-0.2, -0.15) is 0 Å². The molecule has 0 saturated carbocycles. The van der Waals surface area contributed by atoms with Gasteiger partial charge in [0.05, 0.1) is 26.0 Å². The molecule has 1 atom stereocenters. The van der Waals surface area contributed by atoms with Gasteiger partial charge in [-0.1, -0.05) is 0 Å². The van der Waals surface area contributed by atoms with Crippen molar-refractivity contribution < 1.29 is 9.47 Å². The summed E-state index contributed by atoms with van der Waals surface area (Å²) in [4.78, 5) is 8.42. The molecular formula is C14H17N3O2. The van der Waals surface area contributed by atoms with E-state index in [1.54, 1.807) is 26.5 Å². The third kappa shape index (κ3) is 2.82. The lowest BCUT2D eigenvalue weighted by atomic mass is 10.0. The molecule has 1 aromatic carbocycles. The summed E-state index contributed by atoms with van der Waals surface area (Å²) in [6.07, 6.45) is 1.70. The average Bonchev–Trinajstić information content (AvgIpc) is 2.45. The highest BCUT2D eigenvalue weighted by molar-refractivity contribution is 5.44. The molecular weight excluding hydrogens is 242 g/mol. The number of rotatable bonds is 4. The maximum atomic E-state index is 6.26. The molecule has 2 aromatic rings. The monoisotopic (exact) mass is 259 g/mol. The van der Waals surface area contributed by atoms with Crippen LogP contribution in [0.4, 0.5) is 0 Å². The van der Waals surface area contributed by atoms with E-state index in [1.807, 2.05) is 25.1 Å². The zero-order valence-electron chi connectivity index (χ0n) is 11.3. The van der Waals surface area contributed by atoms with E-state index in [1.165, 1.54) is 0 Å². The van der Waals surface area contributed by atoms with Crippen molar-refractivity contribution >= 4 is 0 Å². The summed E-state index contributed by atoms with van der Waals surface area (Å²) in [5, 5.41) is 0. The van der Waals surface area contributed by atoms with E-state index in [-0.39, 0.29) is 6.04 Å². The molecule has 1 heterocycles. The molecule has 0 aliphatic heterocycles. The van der Waals surface area contributed by atoms with Gasteiger partial charge in [-0.15, -0.1) is 0 Å². The molecule has 1 unspecified atom stereocenters. The third-order valence-corrected chi connectivity index (χ3v) is 2.89. The molecule has 0 spiro atoms. The van der Waals surface area contributed by atoms with Crippen LogP contribution in [0.25, 0.3) is 0 Å². The minimum absolute atomic E-state index is 0.383. The third-order valence-electron chi connectivity index (χ3n) is 2.89. The van der Waals surface area contributed by atoms with Gasteiger partial charge in [-0.3, -0.25) is 0 Å². The zero-order chi connectivity index (χ0) is 13.8. The van der Waals surface area contributed by atoms with Crippen LogP contribution in [0.1, 0.15) is 23.1 Å². The molecule has 0 amide bonds. The van der Waals surface area contributed by atoms with Gasteiger partial charge >= 0.3 is 0 Å². The molecule has 0 bridgehead atoms. The van der Waals surface area contributed by atoms with Crippen molar-refractivity contribution in [3.63, 3.8) is 0 Å². The lowest BCUT2D eigenvalue weighted by Gasteiger charge is -2.16. The van der Waals surface area contributed by atoms with Crippen LogP contribution < -0.4 is 15.2 Å². The fraction of sp³-hybridized carbons (Fsp3) is 0.286. The summed E-state index contributed by atoms with van der Waals surface area (Å²) in [5.74, 6) is 2.14. The molecule has 0 fully saturated rings. The maximum Gasteiger partial charge on any atom is 0.125 e. The van der Waals surface area contributed by atoms with Gasteiger partial charge in [0.1, 0.15) is 17.3 Å². The molecule has 5 heteroatoms. The maximum absolute atomic E-state index is 6.26. The van der Waals surface area contributed by atoms with E-state index >= 15 is 0 Å². The van der Waals surface area contributed by atoms with Crippen LogP contribution in [0.15, 0.2) is 30.5 Å². The number of aromatic nitrogens is 2. The highest BCUT2D eigenvalue weighted by atomic mass is 16.5. The smallest absolute Gasteiger partial charge is 0.125 e. The van der Waals surface area contributed by atoms with Crippen LogP contribution in [0.2, 0.25) is 0 Å². The molecule has 0 saturated heterocycles. The highest BCUT2D eigenvalue weighted by Crippen LogP contribution is 2.30. The molecule has 5 nitrogen and oxygen atoms in total. The Bertz CT molecular complexity index is 572. The summed E-state index contributed by atoms with van der Waals surface area (Å²) in [5.41, 5.74) is 7.84. The number of benzene rings is 1. The van der Waals surface area contributed by atoms with E-state index in [4.69, 9.17) is 15.2 Å². The number of nitrogens with zero attached hydrogens (tertiary/aromatic N) is 2. The van der Waals surface area contributed by atoms with E-state index in [0.717, 1.165) is 17.0 Å². The largest absolute Gasteiger partial charge is 0.497 e. The van der Waals surface area contributed by atoms with Crippen molar-refractivity contribution in [2.45, 2.75) is 13.0 Å². The molecule has 0 radical (unpaired) electrons. The zero-order valence-corrected chi connectivity index (χ0v) is 11.3. The lowest BCUT2D eigenvalue weighted by molar-refractivity contribution is 0.397. The van der Waals surface area contributed by atoms with Crippen molar-refractivity contribution in [2.24, 2.45) is 5.73 Å². The van der Waals surface area contributed by atoms with Crippen LogP contribution in [0.3, 0.4) is 0 Å². The van der Waals surface area contributed by atoms with Gasteiger partial charge in [-0.05, 0) is 31.2 Å². The van der Waals surface area contributed by atoms with E-state index < -0.39 is 0 Å². The summed E-state index contributed by atoms with van der Waals surface area (Å²) >= 11 is 0. The fourth-order valence-corrected chi connectivity index (χ4v) is 1.89. The predicted molar refractivity (Wildman–Crippen MR) is 72.3 cm³/mol. The first-order chi connectivity index (χ1) is 9.15. The first kappa shape index (κ1) is 13.3. The van der Waals surface area contributed by atoms with Crippen LogP contribution in [-0.2, 0) is 0 Å². The van der Waals surface area contributed by atoms with E-state index in [9.17, 15) is 0 Å². The Balaban J connectivity index is 2.44. The van der Waals surface area contributed by atoms with Gasteiger partial charge in [0.25, 0.3) is 0 Å². The van der Waals surface area contributed by atoms with Crippen LogP contribution in [0, 0.1) is 6.92 Å². The quantitative estimate of drug-likeness (QED) is 0.907. The van der Waals surface area contributed by atoms with E-state index in [0.29, 0.717) is 11.6 Å². The first-order valence-electron chi connectivity index (χ1n) is 5.92. The molecule has 100 valence electrons. The molecule has 2 rings (SSSR count). The minimum atomic E-state index is -0.383. The van der Waals surface area contributed by atoms with Crippen molar-refractivity contribution in [3.05, 3.63) is 47.5 Å². The van der Waals surface area contributed by atoms with Crippen molar-refractivity contribution in [2.75, 3.05) is 14.2 Å². The summed E-state index contributed by atoms with van der Waals surface area (Å²) < 4.78 is 10.6. The number of ether oxygens (including phenoxy) is 2. The normalized spacial score (nSPS) is 12.0. The Morgan fingerprint density at radius 3 is 2.58 bits per heavy atom.